The van der Waals surface area contributed by atoms with Gasteiger partial charge < -0.3 is 14.8 Å². The van der Waals surface area contributed by atoms with E-state index in [0.29, 0.717) is 31.1 Å². The third-order valence-corrected chi connectivity index (χ3v) is 5.11. The van der Waals surface area contributed by atoms with E-state index in [1.807, 2.05) is 12.1 Å². The lowest BCUT2D eigenvalue weighted by Gasteiger charge is -2.28. The van der Waals surface area contributed by atoms with Crippen LogP contribution in [-0.4, -0.2) is 38.6 Å². The number of hydrogen-bond donors (Lipinski definition) is 2. The molecule has 28 heavy (non-hydrogen) atoms. The Labute approximate surface area is 166 Å². The van der Waals surface area contributed by atoms with Crippen molar-refractivity contribution in [2.24, 2.45) is 0 Å². The first-order chi connectivity index (χ1) is 13.5. The molecule has 0 unspecified atom stereocenters. The van der Waals surface area contributed by atoms with E-state index in [9.17, 15) is 9.90 Å². The van der Waals surface area contributed by atoms with Gasteiger partial charge in [0.2, 0.25) is 0 Å². The van der Waals surface area contributed by atoms with E-state index >= 15 is 0 Å². The highest BCUT2D eigenvalue weighted by atomic mass is 35.5. The minimum absolute atomic E-state index is 0.0629. The number of fused-ring (bicyclic) bond motifs is 1. The van der Waals surface area contributed by atoms with Crippen LogP contribution in [0.1, 0.15) is 16.8 Å². The van der Waals surface area contributed by atoms with Crippen molar-refractivity contribution in [3.8, 4) is 22.9 Å². The molecule has 3 aromatic rings. The van der Waals surface area contributed by atoms with Crippen molar-refractivity contribution in [2.45, 2.75) is 19.5 Å². The average Bonchev–Trinajstić information content (AvgIpc) is 2.71. The molecule has 0 radical (unpaired) electrons. The number of hydrogen-bond acceptors (Lipinski definition) is 6. The number of aromatic hydroxyl groups is 1. The number of halogens is 1. The van der Waals surface area contributed by atoms with Crippen molar-refractivity contribution in [1.29, 1.82) is 0 Å². The summed E-state index contributed by atoms with van der Waals surface area (Å²) < 4.78 is 5.18. The highest BCUT2D eigenvalue weighted by molar-refractivity contribution is 6.32. The molecule has 144 valence electrons. The summed E-state index contributed by atoms with van der Waals surface area (Å²) in [6, 6.07) is 7.12. The SMILES string of the molecule is COc1cc(CN2CCc3c(nc(-c4ccncc4)[nH]c3=O)C2)cc(Cl)c1O. The Morgan fingerprint density at radius 3 is 2.86 bits per heavy atom. The number of benzene rings is 1. The van der Waals surface area contributed by atoms with E-state index in [0.717, 1.165) is 28.9 Å². The van der Waals surface area contributed by atoms with Gasteiger partial charge in [0.05, 0.1) is 17.8 Å². The minimum atomic E-state index is -0.0918. The molecule has 0 amide bonds. The van der Waals surface area contributed by atoms with Gasteiger partial charge in [0.15, 0.2) is 11.5 Å². The topological polar surface area (TPSA) is 91.3 Å². The van der Waals surface area contributed by atoms with Crippen molar-refractivity contribution < 1.29 is 9.84 Å². The Morgan fingerprint density at radius 2 is 2.11 bits per heavy atom. The molecule has 3 heterocycles. The van der Waals surface area contributed by atoms with Crippen molar-refractivity contribution in [2.75, 3.05) is 13.7 Å². The zero-order chi connectivity index (χ0) is 19.7. The van der Waals surface area contributed by atoms with Crippen LogP contribution in [0.3, 0.4) is 0 Å². The van der Waals surface area contributed by atoms with Crippen LogP contribution < -0.4 is 10.3 Å². The van der Waals surface area contributed by atoms with Gasteiger partial charge in [0, 0.05) is 43.2 Å². The Balaban J connectivity index is 1.60. The number of H-pyrrole nitrogens is 1. The van der Waals surface area contributed by atoms with Crippen LogP contribution in [-0.2, 0) is 19.5 Å². The molecule has 2 N–H and O–H groups in total. The van der Waals surface area contributed by atoms with Crippen LogP contribution in [0.2, 0.25) is 5.02 Å². The van der Waals surface area contributed by atoms with Crippen molar-refractivity contribution >= 4 is 11.6 Å². The van der Waals surface area contributed by atoms with Crippen molar-refractivity contribution in [3.05, 3.63) is 68.9 Å². The molecule has 0 saturated heterocycles. The molecule has 7 nitrogen and oxygen atoms in total. The molecule has 0 bridgehead atoms. The van der Waals surface area contributed by atoms with Gasteiger partial charge in [-0.25, -0.2) is 4.98 Å². The lowest BCUT2D eigenvalue weighted by atomic mass is 10.0. The van der Waals surface area contributed by atoms with Gasteiger partial charge in [0.25, 0.3) is 5.56 Å². The van der Waals surface area contributed by atoms with Gasteiger partial charge in [-0.3, -0.25) is 14.7 Å². The molecule has 0 fully saturated rings. The first-order valence-corrected chi connectivity index (χ1v) is 9.23. The van der Waals surface area contributed by atoms with Gasteiger partial charge in [-0.15, -0.1) is 0 Å². The predicted molar refractivity (Wildman–Crippen MR) is 106 cm³/mol. The fourth-order valence-corrected chi connectivity index (χ4v) is 3.64. The molecule has 8 heteroatoms. The smallest absolute Gasteiger partial charge is 0.254 e. The van der Waals surface area contributed by atoms with Gasteiger partial charge in [-0.1, -0.05) is 11.6 Å². The quantitative estimate of drug-likeness (QED) is 0.702. The Bertz CT molecular complexity index is 1070. The van der Waals surface area contributed by atoms with E-state index in [4.69, 9.17) is 16.3 Å². The van der Waals surface area contributed by atoms with Crippen LogP contribution in [0, 0.1) is 0 Å². The molecule has 1 aromatic carbocycles. The number of rotatable bonds is 4. The van der Waals surface area contributed by atoms with Crippen LogP contribution in [0.25, 0.3) is 11.4 Å². The van der Waals surface area contributed by atoms with Crippen LogP contribution in [0.15, 0.2) is 41.5 Å². The molecule has 0 atom stereocenters. The minimum Gasteiger partial charge on any atom is -0.503 e. The normalized spacial score (nSPS) is 13.9. The largest absolute Gasteiger partial charge is 0.503 e. The number of ether oxygens (including phenoxy) is 1. The third kappa shape index (κ3) is 3.58. The number of aromatic nitrogens is 3. The molecule has 1 aliphatic heterocycles. The number of methoxy groups -OCH3 is 1. The Kier molecular flexibility index (Phi) is 5.02. The number of phenols is 1. The summed E-state index contributed by atoms with van der Waals surface area (Å²) >= 11 is 6.09. The molecule has 4 rings (SSSR count). The van der Waals surface area contributed by atoms with Gasteiger partial charge in [-0.05, 0) is 36.2 Å². The first-order valence-electron chi connectivity index (χ1n) is 8.85. The fraction of sp³-hybridized carbons (Fsp3) is 0.250. The summed E-state index contributed by atoms with van der Waals surface area (Å²) in [5.41, 5.74) is 3.16. The third-order valence-electron chi connectivity index (χ3n) is 4.82. The second-order valence-electron chi connectivity index (χ2n) is 6.66. The second kappa shape index (κ2) is 7.61. The average molecular weight is 399 g/mol. The van der Waals surface area contributed by atoms with E-state index in [2.05, 4.69) is 19.9 Å². The number of nitrogens with one attached hydrogen (secondary N) is 1. The maximum absolute atomic E-state index is 12.5. The fourth-order valence-electron chi connectivity index (χ4n) is 3.41. The number of nitrogens with zero attached hydrogens (tertiary/aromatic N) is 3. The molecule has 0 saturated carbocycles. The lowest BCUT2D eigenvalue weighted by Crippen LogP contribution is -2.35. The van der Waals surface area contributed by atoms with Crippen LogP contribution in [0.5, 0.6) is 11.5 Å². The molecular weight excluding hydrogens is 380 g/mol. The van der Waals surface area contributed by atoms with E-state index in [1.165, 1.54) is 7.11 Å². The highest BCUT2D eigenvalue weighted by Crippen LogP contribution is 2.35. The van der Waals surface area contributed by atoms with Crippen LogP contribution >= 0.6 is 11.6 Å². The molecule has 2 aromatic heterocycles. The molecule has 1 aliphatic rings. The Morgan fingerprint density at radius 1 is 1.32 bits per heavy atom. The number of pyridine rings is 1. The Hall–Kier alpha value is -2.90. The first kappa shape index (κ1) is 18.5. The maximum Gasteiger partial charge on any atom is 0.254 e. The number of phenolic OH excluding ortho intramolecular Hbond substituents is 1. The molecule has 0 spiro atoms. The lowest BCUT2D eigenvalue weighted by molar-refractivity contribution is 0.240. The molecular formula is C20H19ClN4O3. The van der Waals surface area contributed by atoms with Crippen molar-refractivity contribution in [3.63, 3.8) is 0 Å². The zero-order valence-corrected chi connectivity index (χ0v) is 16.0. The second-order valence-corrected chi connectivity index (χ2v) is 7.07. The maximum atomic E-state index is 12.5. The van der Waals surface area contributed by atoms with Gasteiger partial charge >= 0.3 is 0 Å². The summed E-state index contributed by atoms with van der Waals surface area (Å²) in [7, 11) is 1.49. The van der Waals surface area contributed by atoms with E-state index < -0.39 is 0 Å². The summed E-state index contributed by atoms with van der Waals surface area (Å²) in [6.07, 6.45) is 3.96. The summed E-state index contributed by atoms with van der Waals surface area (Å²) in [5, 5.41) is 10.2. The monoisotopic (exact) mass is 398 g/mol. The highest BCUT2D eigenvalue weighted by Gasteiger charge is 2.22. The molecule has 0 aliphatic carbocycles. The van der Waals surface area contributed by atoms with Crippen molar-refractivity contribution in [1.82, 2.24) is 19.9 Å². The summed E-state index contributed by atoms with van der Waals surface area (Å²) in [4.78, 5) is 26.2. The number of aromatic amines is 1. The van der Waals surface area contributed by atoms with Gasteiger partial charge in [-0.2, -0.15) is 0 Å². The summed E-state index contributed by atoms with van der Waals surface area (Å²) in [5.74, 6) is 0.823. The van der Waals surface area contributed by atoms with E-state index in [1.54, 1.807) is 24.5 Å². The van der Waals surface area contributed by atoms with Gasteiger partial charge in [0.1, 0.15) is 5.82 Å². The zero-order valence-electron chi connectivity index (χ0n) is 15.3. The summed E-state index contributed by atoms with van der Waals surface area (Å²) in [6.45, 7) is 1.89. The van der Waals surface area contributed by atoms with E-state index in [-0.39, 0.29) is 16.3 Å². The standard InChI is InChI=1S/C20H19ClN4O3/c1-28-17-9-12(8-15(21)18(17)26)10-25-7-4-14-16(11-25)23-19(24-20(14)27)13-2-5-22-6-3-13/h2-3,5-6,8-9,26H,4,7,10-11H2,1H3,(H,23,24,27). The predicted octanol–water partition coefficient (Wildman–Crippen LogP) is 2.76. The van der Waals surface area contributed by atoms with Crippen LogP contribution in [0.4, 0.5) is 0 Å².